The van der Waals surface area contributed by atoms with E-state index in [9.17, 15) is 9.90 Å². The summed E-state index contributed by atoms with van der Waals surface area (Å²) < 4.78 is 3.95. The van der Waals surface area contributed by atoms with Gasteiger partial charge in [-0.05, 0) is 51.4 Å². The van der Waals surface area contributed by atoms with Gasteiger partial charge in [0.1, 0.15) is 27.9 Å². The summed E-state index contributed by atoms with van der Waals surface area (Å²) in [6.45, 7) is 7.61. The highest BCUT2D eigenvalue weighted by Crippen LogP contribution is 2.34. The van der Waals surface area contributed by atoms with Crippen LogP contribution in [-0.4, -0.2) is 48.3 Å². The van der Waals surface area contributed by atoms with Gasteiger partial charge in [0, 0.05) is 30.4 Å². The van der Waals surface area contributed by atoms with Gasteiger partial charge in [0.15, 0.2) is 0 Å². The predicted molar refractivity (Wildman–Crippen MR) is 123 cm³/mol. The first-order valence-corrected chi connectivity index (χ1v) is 10.9. The van der Waals surface area contributed by atoms with Crippen molar-refractivity contribution in [3.8, 4) is 5.88 Å². The normalized spacial score (nSPS) is 15.0. The van der Waals surface area contributed by atoms with Gasteiger partial charge in [-0.1, -0.05) is 0 Å². The van der Waals surface area contributed by atoms with Crippen LogP contribution in [0, 0.1) is 12.3 Å². The molecule has 0 aromatic carbocycles. The van der Waals surface area contributed by atoms with Crippen molar-refractivity contribution in [3.63, 3.8) is 0 Å². The van der Waals surface area contributed by atoms with Crippen molar-refractivity contribution in [2.75, 3.05) is 10.2 Å². The van der Waals surface area contributed by atoms with Crippen LogP contribution in [0.25, 0.3) is 0 Å². The first-order chi connectivity index (χ1) is 15.2. The Labute approximate surface area is 189 Å². The smallest absolute Gasteiger partial charge is 0.277 e. The number of fused-ring (bicyclic) bond motifs is 1. The zero-order valence-electron chi connectivity index (χ0n) is 18.2. The highest BCUT2D eigenvalue weighted by Gasteiger charge is 2.33. The fraction of sp³-hybridized carbons (Fsp3) is 0.333. The van der Waals surface area contributed by atoms with Crippen molar-refractivity contribution in [2.24, 2.45) is 0 Å². The third kappa shape index (κ3) is 4.11. The first kappa shape index (κ1) is 21.6. The number of amidine groups is 1. The SMILES string of the molecule is Cc1ncc2c(n1)CC(C)N2C(=O)c1cc(Nc2snc(O)c2C(=N)NC(C)C)ccn1. The van der Waals surface area contributed by atoms with Gasteiger partial charge in [-0.25, -0.2) is 9.97 Å². The number of nitrogens with zero attached hydrogens (tertiary/aromatic N) is 5. The van der Waals surface area contributed by atoms with Crippen LogP contribution in [0.4, 0.5) is 16.4 Å². The molecule has 0 aliphatic carbocycles. The van der Waals surface area contributed by atoms with E-state index in [0.717, 1.165) is 17.2 Å². The number of amides is 1. The number of carbonyl (C=O) groups excluding carboxylic acids is 1. The summed E-state index contributed by atoms with van der Waals surface area (Å²) in [6, 6.07) is 3.32. The van der Waals surface area contributed by atoms with E-state index in [1.54, 1.807) is 29.4 Å². The molecule has 1 amide bonds. The maximum Gasteiger partial charge on any atom is 0.277 e. The zero-order chi connectivity index (χ0) is 23.0. The second-order valence-corrected chi connectivity index (χ2v) is 8.69. The van der Waals surface area contributed by atoms with Crippen LogP contribution in [-0.2, 0) is 6.42 Å². The molecule has 0 bridgehead atoms. The number of rotatable bonds is 5. The van der Waals surface area contributed by atoms with Crippen LogP contribution in [0.2, 0.25) is 0 Å². The largest absolute Gasteiger partial charge is 0.492 e. The number of aryl methyl sites for hydroxylation is 1. The van der Waals surface area contributed by atoms with Crippen LogP contribution in [0.15, 0.2) is 24.5 Å². The number of carbonyl (C=O) groups is 1. The summed E-state index contributed by atoms with van der Waals surface area (Å²) in [4.78, 5) is 27.9. The van der Waals surface area contributed by atoms with E-state index in [0.29, 0.717) is 28.6 Å². The third-order valence-corrected chi connectivity index (χ3v) is 5.72. The summed E-state index contributed by atoms with van der Waals surface area (Å²) in [5.41, 5.74) is 2.70. The van der Waals surface area contributed by atoms with Gasteiger partial charge in [0.2, 0.25) is 5.88 Å². The molecule has 0 saturated carbocycles. The highest BCUT2D eigenvalue weighted by molar-refractivity contribution is 7.11. The number of aromatic nitrogens is 4. The minimum absolute atomic E-state index is 0.0258. The molecular formula is C21H24N8O2S. The number of anilines is 3. The second-order valence-electron chi connectivity index (χ2n) is 7.92. The Hall–Kier alpha value is -3.60. The lowest BCUT2D eigenvalue weighted by Crippen LogP contribution is -2.36. The van der Waals surface area contributed by atoms with E-state index < -0.39 is 0 Å². The molecule has 0 spiro atoms. The van der Waals surface area contributed by atoms with Crippen molar-refractivity contribution in [1.82, 2.24) is 24.6 Å². The highest BCUT2D eigenvalue weighted by atomic mass is 32.1. The van der Waals surface area contributed by atoms with Gasteiger partial charge in [-0.2, -0.15) is 4.37 Å². The van der Waals surface area contributed by atoms with Crippen molar-refractivity contribution < 1.29 is 9.90 Å². The van der Waals surface area contributed by atoms with Crippen LogP contribution in [0.5, 0.6) is 5.88 Å². The molecule has 3 aromatic rings. The summed E-state index contributed by atoms with van der Waals surface area (Å²) in [6.07, 6.45) is 3.89. The fourth-order valence-corrected chi connectivity index (χ4v) is 4.33. The molecule has 0 radical (unpaired) electrons. The summed E-state index contributed by atoms with van der Waals surface area (Å²) >= 11 is 1.03. The molecule has 1 aliphatic heterocycles. The van der Waals surface area contributed by atoms with Gasteiger partial charge in [-0.15, -0.1) is 0 Å². The molecule has 1 unspecified atom stereocenters. The molecule has 10 nitrogen and oxygen atoms in total. The average molecular weight is 453 g/mol. The topological polar surface area (TPSA) is 140 Å². The molecule has 1 atom stereocenters. The molecule has 166 valence electrons. The number of nitrogens with one attached hydrogen (secondary N) is 3. The van der Waals surface area contributed by atoms with Crippen LogP contribution in [0.1, 0.15) is 48.3 Å². The summed E-state index contributed by atoms with van der Waals surface area (Å²) in [7, 11) is 0. The molecule has 4 N–H and O–H groups in total. The van der Waals surface area contributed by atoms with Crippen molar-refractivity contribution in [1.29, 1.82) is 5.41 Å². The molecule has 4 heterocycles. The lowest BCUT2D eigenvalue weighted by molar-refractivity contribution is 0.0976. The minimum Gasteiger partial charge on any atom is -0.492 e. The van der Waals surface area contributed by atoms with Gasteiger partial charge in [0.25, 0.3) is 5.91 Å². The number of hydrogen-bond acceptors (Lipinski definition) is 9. The van der Waals surface area contributed by atoms with E-state index >= 15 is 0 Å². The fourth-order valence-electron chi connectivity index (χ4n) is 3.61. The van der Waals surface area contributed by atoms with E-state index in [4.69, 9.17) is 5.41 Å². The summed E-state index contributed by atoms with van der Waals surface area (Å²) in [5.74, 6) is 0.278. The van der Waals surface area contributed by atoms with Crippen LogP contribution in [0.3, 0.4) is 0 Å². The van der Waals surface area contributed by atoms with E-state index in [1.807, 2.05) is 27.7 Å². The van der Waals surface area contributed by atoms with Gasteiger partial charge >= 0.3 is 0 Å². The number of aromatic hydroxyl groups is 1. The monoisotopic (exact) mass is 452 g/mol. The number of pyridine rings is 1. The first-order valence-electron chi connectivity index (χ1n) is 10.2. The quantitative estimate of drug-likeness (QED) is 0.342. The van der Waals surface area contributed by atoms with Gasteiger partial charge < -0.3 is 20.6 Å². The maximum absolute atomic E-state index is 13.3. The summed E-state index contributed by atoms with van der Waals surface area (Å²) in [5, 5.41) is 24.9. The molecule has 0 saturated heterocycles. The molecule has 1 aliphatic rings. The van der Waals surface area contributed by atoms with Gasteiger partial charge in [-0.3, -0.25) is 15.2 Å². The predicted octanol–water partition coefficient (Wildman–Crippen LogP) is 3.00. The molecule has 0 fully saturated rings. The van der Waals surface area contributed by atoms with E-state index in [2.05, 4.69) is 30.0 Å². The molecule has 32 heavy (non-hydrogen) atoms. The van der Waals surface area contributed by atoms with E-state index in [1.165, 1.54) is 0 Å². The third-order valence-electron chi connectivity index (χ3n) is 4.97. The number of hydrogen-bond donors (Lipinski definition) is 4. The Kier molecular flexibility index (Phi) is 5.74. The van der Waals surface area contributed by atoms with E-state index in [-0.39, 0.29) is 41.0 Å². The molecule has 11 heteroatoms. The Bertz CT molecular complexity index is 1190. The molecule has 4 rings (SSSR count). The van der Waals surface area contributed by atoms with Crippen molar-refractivity contribution in [3.05, 3.63) is 47.3 Å². The Morgan fingerprint density at radius 2 is 2.16 bits per heavy atom. The maximum atomic E-state index is 13.3. The molecular weight excluding hydrogens is 428 g/mol. The Morgan fingerprint density at radius 3 is 2.91 bits per heavy atom. The lowest BCUT2D eigenvalue weighted by atomic mass is 10.2. The van der Waals surface area contributed by atoms with Crippen LogP contribution < -0.4 is 15.5 Å². The standard InChI is InChI=1S/C21H24N8O2S/c1-10(2)25-18(22)17-19(30)28-32-20(17)27-13-5-6-23-15(8-13)21(31)29-11(3)7-14-16(29)9-24-12(4)26-14/h5-6,8-11H,7H2,1-4H3,(H2,22,25)(H,23,27)(H,28,30). The zero-order valence-corrected chi connectivity index (χ0v) is 19.0. The second kappa shape index (κ2) is 8.50. The van der Waals surface area contributed by atoms with Crippen molar-refractivity contribution >= 4 is 39.7 Å². The van der Waals surface area contributed by atoms with Crippen molar-refractivity contribution in [2.45, 2.75) is 46.2 Å². The Balaban J connectivity index is 1.60. The Morgan fingerprint density at radius 1 is 1.38 bits per heavy atom. The molecule has 3 aromatic heterocycles. The lowest BCUT2D eigenvalue weighted by Gasteiger charge is -2.22. The van der Waals surface area contributed by atoms with Crippen LogP contribution >= 0.6 is 11.5 Å². The van der Waals surface area contributed by atoms with Gasteiger partial charge in [0.05, 0.1) is 17.6 Å². The average Bonchev–Trinajstić information content (AvgIpc) is 3.25. The minimum atomic E-state index is -0.242.